The van der Waals surface area contributed by atoms with Gasteiger partial charge in [0.05, 0.1) is 22.5 Å². The van der Waals surface area contributed by atoms with Gasteiger partial charge < -0.3 is 9.80 Å². The average molecular weight is 297 g/mol. The fourth-order valence-electron chi connectivity index (χ4n) is 2.10. The highest BCUT2D eigenvalue weighted by Gasteiger charge is 2.19. The Bertz CT molecular complexity index is 516. The number of nitrogens with zero attached hydrogens (tertiary/aromatic N) is 3. The summed E-state index contributed by atoms with van der Waals surface area (Å²) in [7, 11) is 0. The number of anilines is 1. The summed E-state index contributed by atoms with van der Waals surface area (Å²) in [5.74, 6) is 0.399. The van der Waals surface area contributed by atoms with E-state index in [1.54, 1.807) is 6.07 Å². The van der Waals surface area contributed by atoms with E-state index >= 15 is 0 Å². The smallest absolute Gasteiger partial charge is 0.110 e. The zero-order valence-electron chi connectivity index (χ0n) is 10.4. The first kappa shape index (κ1) is 14.0. The Morgan fingerprint density at radius 1 is 1.21 bits per heavy atom. The SMILES string of the molecule is N#CCC(=N)N1CCN(c2ccc(Cl)c(Cl)c2)CC1. The minimum atomic E-state index is 0.173. The number of nitrogens with one attached hydrogen (secondary N) is 1. The van der Waals surface area contributed by atoms with Gasteiger partial charge in [-0.3, -0.25) is 5.41 Å². The first-order valence-corrected chi connectivity index (χ1v) is 6.76. The molecule has 0 amide bonds. The van der Waals surface area contributed by atoms with Gasteiger partial charge in [-0.25, -0.2) is 0 Å². The molecule has 1 N–H and O–H groups in total. The van der Waals surface area contributed by atoms with Crippen molar-refractivity contribution >= 4 is 34.7 Å². The van der Waals surface area contributed by atoms with Gasteiger partial charge in [0.2, 0.25) is 0 Å². The molecule has 0 saturated carbocycles. The van der Waals surface area contributed by atoms with Crippen molar-refractivity contribution in [2.24, 2.45) is 0 Å². The van der Waals surface area contributed by atoms with Gasteiger partial charge in [-0.15, -0.1) is 0 Å². The Labute approximate surface area is 122 Å². The maximum atomic E-state index is 8.60. The molecule has 6 heteroatoms. The van der Waals surface area contributed by atoms with Gasteiger partial charge >= 0.3 is 0 Å². The molecule has 1 saturated heterocycles. The topological polar surface area (TPSA) is 54.1 Å². The summed E-state index contributed by atoms with van der Waals surface area (Å²) in [6.45, 7) is 3.12. The van der Waals surface area contributed by atoms with Crippen molar-refractivity contribution in [2.45, 2.75) is 6.42 Å². The Morgan fingerprint density at radius 2 is 1.89 bits per heavy atom. The number of nitriles is 1. The highest BCUT2D eigenvalue weighted by Crippen LogP contribution is 2.27. The average Bonchev–Trinajstić information content (AvgIpc) is 2.42. The standard InChI is InChI=1S/C13H14Cl2N4/c14-11-2-1-10(9-12(11)15)18-5-7-19(8-6-18)13(17)3-4-16/h1-2,9,17H,3,5-8H2. The van der Waals surface area contributed by atoms with E-state index in [0.717, 1.165) is 31.9 Å². The first-order valence-electron chi connectivity index (χ1n) is 6.01. The van der Waals surface area contributed by atoms with E-state index in [1.165, 1.54) is 0 Å². The quantitative estimate of drug-likeness (QED) is 0.674. The van der Waals surface area contributed by atoms with Crippen LogP contribution in [0.2, 0.25) is 10.0 Å². The fraction of sp³-hybridized carbons (Fsp3) is 0.385. The molecule has 2 rings (SSSR count). The molecule has 1 heterocycles. The lowest BCUT2D eigenvalue weighted by atomic mass is 10.2. The van der Waals surface area contributed by atoms with Crippen LogP contribution in [0.4, 0.5) is 5.69 Å². The lowest BCUT2D eigenvalue weighted by Gasteiger charge is -2.37. The first-order chi connectivity index (χ1) is 9.11. The predicted molar refractivity (Wildman–Crippen MR) is 78.2 cm³/mol. The van der Waals surface area contributed by atoms with Crippen LogP contribution in [0.15, 0.2) is 18.2 Å². The summed E-state index contributed by atoms with van der Waals surface area (Å²) in [4.78, 5) is 4.15. The summed E-state index contributed by atoms with van der Waals surface area (Å²) < 4.78 is 0. The molecule has 0 spiro atoms. The third-order valence-electron chi connectivity index (χ3n) is 3.18. The summed E-state index contributed by atoms with van der Waals surface area (Å²) in [5.41, 5.74) is 1.04. The minimum absolute atomic E-state index is 0.173. The van der Waals surface area contributed by atoms with Crippen LogP contribution >= 0.6 is 23.2 Å². The number of amidine groups is 1. The summed E-state index contributed by atoms with van der Waals surface area (Å²) in [5, 5.41) is 17.5. The molecule has 0 bridgehead atoms. The summed E-state index contributed by atoms with van der Waals surface area (Å²) in [6.07, 6.45) is 0.173. The van der Waals surface area contributed by atoms with Crippen LogP contribution in [-0.2, 0) is 0 Å². The summed E-state index contributed by atoms with van der Waals surface area (Å²) in [6, 6.07) is 7.61. The van der Waals surface area contributed by atoms with Gasteiger partial charge in [-0.2, -0.15) is 5.26 Å². The highest BCUT2D eigenvalue weighted by atomic mass is 35.5. The normalized spacial score (nSPS) is 15.2. The number of halogens is 2. The molecule has 19 heavy (non-hydrogen) atoms. The monoisotopic (exact) mass is 296 g/mol. The molecular weight excluding hydrogens is 283 g/mol. The lowest BCUT2D eigenvalue weighted by molar-refractivity contribution is 0.379. The predicted octanol–water partition coefficient (Wildman–Crippen LogP) is 3.01. The van der Waals surface area contributed by atoms with Gasteiger partial charge in [0.1, 0.15) is 5.84 Å². The van der Waals surface area contributed by atoms with Crippen molar-refractivity contribution in [1.29, 1.82) is 10.7 Å². The minimum Gasteiger partial charge on any atom is -0.368 e. The Balaban J connectivity index is 1.98. The molecule has 0 radical (unpaired) electrons. The number of benzene rings is 1. The molecular formula is C13H14Cl2N4. The van der Waals surface area contributed by atoms with Gasteiger partial charge in [0.15, 0.2) is 0 Å². The fourth-order valence-corrected chi connectivity index (χ4v) is 2.40. The van der Waals surface area contributed by atoms with E-state index in [-0.39, 0.29) is 6.42 Å². The Hall–Kier alpha value is -1.44. The third-order valence-corrected chi connectivity index (χ3v) is 3.92. The molecule has 4 nitrogen and oxygen atoms in total. The van der Waals surface area contributed by atoms with E-state index in [1.807, 2.05) is 23.1 Å². The second kappa shape index (κ2) is 6.14. The summed E-state index contributed by atoms with van der Waals surface area (Å²) >= 11 is 11.9. The van der Waals surface area contributed by atoms with Crippen molar-refractivity contribution in [3.05, 3.63) is 28.2 Å². The molecule has 100 valence electrons. The second-order valence-corrected chi connectivity index (χ2v) is 5.17. The van der Waals surface area contributed by atoms with Crippen molar-refractivity contribution in [3.63, 3.8) is 0 Å². The van der Waals surface area contributed by atoms with Crippen LogP contribution < -0.4 is 4.90 Å². The van der Waals surface area contributed by atoms with Crippen LogP contribution in [0.5, 0.6) is 0 Å². The van der Waals surface area contributed by atoms with Crippen LogP contribution in [0.25, 0.3) is 0 Å². The Kier molecular flexibility index (Phi) is 4.52. The van der Waals surface area contributed by atoms with E-state index in [0.29, 0.717) is 15.9 Å². The largest absolute Gasteiger partial charge is 0.368 e. The van der Waals surface area contributed by atoms with Crippen molar-refractivity contribution < 1.29 is 0 Å². The van der Waals surface area contributed by atoms with E-state index < -0.39 is 0 Å². The van der Waals surface area contributed by atoms with E-state index in [2.05, 4.69) is 4.90 Å². The van der Waals surface area contributed by atoms with Crippen molar-refractivity contribution in [2.75, 3.05) is 31.1 Å². The molecule has 0 unspecified atom stereocenters. The number of piperazine rings is 1. The number of hydrogen-bond donors (Lipinski definition) is 1. The molecule has 0 aromatic heterocycles. The zero-order valence-corrected chi connectivity index (χ0v) is 11.9. The van der Waals surface area contributed by atoms with Crippen LogP contribution in [0.3, 0.4) is 0 Å². The van der Waals surface area contributed by atoms with Crippen LogP contribution in [0, 0.1) is 16.7 Å². The van der Waals surface area contributed by atoms with E-state index in [9.17, 15) is 0 Å². The molecule has 1 aliphatic heterocycles. The van der Waals surface area contributed by atoms with E-state index in [4.69, 9.17) is 33.9 Å². The molecule has 1 aromatic rings. The van der Waals surface area contributed by atoms with Gasteiger partial charge in [-0.05, 0) is 18.2 Å². The molecule has 0 atom stereocenters. The van der Waals surface area contributed by atoms with Gasteiger partial charge in [-0.1, -0.05) is 23.2 Å². The molecule has 1 aromatic carbocycles. The maximum absolute atomic E-state index is 8.60. The molecule has 0 aliphatic carbocycles. The highest BCUT2D eigenvalue weighted by molar-refractivity contribution is 6.42. The molecule has 1 fully saturated rings. The lowest BCUT2D eigenvalue weighted by Crippen LogP contribution is -2.48. The van der Waals surface area contributed by atoms with Crippen molar-refractivity contribution in [3.8, 4) is 6.07 Å². The zero-order chi connectivity index (χ0) is 13.8. The second-order valence-electron chi connectivity index (χ2n) is 4.35. The van der Waals surface area contributed by atoms with Crippen LogP contribution in [-0.4, -0.2) is 36.9 Å². The van der Waals surface area contributed by atoms with Gasteiger partial charge in [0, 0.05) is 31.9 Å². The third kappa shape index (κ3) is 3.31. The van der Waals surface area contributed by atoms with Crippen molar-refractivity contribution in [1.82, 2.24) is 4.90 Å². The van der Waals surface area contributed by atoms with Crippen LogP contribution in [0.1, 0.15) is 6.42 Å². The number of rotatable bonds is 2. The maximum Gasteiger partial charge on any atom is 0.110 e. The van der Waals surface area contributed by atoms with Gasteiger partial charge in [0.25, 0.3) is 0 Å². The number of hydrogen-bond acceptors (Lipinski definition) is 3. The Morgan fingerprint density at radius 3 is 2.47 bits per heavy atom. The molecule has 1 aliphatic rings.